The molecule has 0 amide bonds. The van der Waals surface area contributed by atoms with E-state index < -0.39 is 5.97 Å². The van der Waals surface area contributed by atoms with Crippen molar-refractivity contribution in [2.75, 3.05) is 12.4 Å². The number of aryl methyl sites for hydroxylation is 1. The highest BCUT2D eigenvalue weighted by atomic mass is 35.5. The van der Waals surface area contributed by atoms with Crippen molar-refractivity contribution in [3.8, 4) is 0 Å². The van der Waals surface area contributed by atoms with Crippen molar-refractivity contribution >= 4 is 62.0 Å². The molecule has 3 rings (SSSR count). The van der Waals surface area contributed by atoms with Crippen LogP contribution in [-0.2, 0) is 18.3 Å². The number of thiocarbonyl (C=S) groups is 1. The summed E-state index contributed by atoms with van der Waals surface area (Å²) in [6.45, 7) is 0.571. The van der Waals surface area contributed by atoms with E-state index >= 15 is 0 Å². The zero-order valence-corrected chi connectivity index (χ0v) is 15.9. The van der Waals surface area contributed by atoms with Crippen LogP contribution in [0.15, 0.2) is 30.5 Å². The molecule has 0 radical (unpaired) electrons. The van der Waals surface area contributed by atoms with Crippen LogP contribution in [0.5, 0.6) is 0 Å². The van der Waals surface area contributed by atoms with E-state index in [0.717, 1.165) is 21.5 Å². The van der Waals surface area contributed by atoms with Crippen molar-refractivity contribution in [1.29, 1.82) is 0 Å². The quantitative estimate of drug-likeness (QED) is 0.521. The fourth-order valence-electron chi connectivity index (χ4n) is 2.29. The molecule has 25 heavy (non-hydrogen) atoms. The number of ether oxygens (including phenoxy) is 1. The summed E-state index contributed by atoms with van der Waals surface area (Å²) in [5.41, 5.74) is 1.83. The van der Waals surface area contributed by atoms with Crippen LogP contribution in [0.2, 0.25) is 5.02 Å². The van der Waals surface area contributed by atoms with Crippen molar-refractivity contribution < 1.29 is 9.53 Å². The molecule has 0 aliphatic carbocycles. The van der Waals surface area contributed by atoms with E-state index in [4.69, 9.17) is 28.6 Å². The summed E-state index contributed by atoms with van der Waals surface area (Å²) in [5.74, 6) is -0.436. The summed E-state index contributed by atoms with van der Waals surface area (Å²) in [5, 5.41) is 12.1. The van der Waals surface area contributed by atoms with Gasteiger partial charge in [-0.15, -0.1) is 11.3 Å². The number of methoxy groups -OCH3 is 1. The molecule has 2 N–H and O–H groups in total. The van der Waals surface area contributed by atoms with Gasteiger partial charge in [0.1, 0.15) is 4.88 Å². The Bertz CT molecular complexity index is 951. The largest absolute Gasteiger partial charge is 0.465 e. The van der Waals surface area contributed by atoms with Gasteiger partial charge in [0.05, 0.1) is 24.4 Å². The molecule has 0 aliphatic heterocycles. The van der Waals surface area contributed by atoms with E-state index in [2.05, 4.69) is 15.7 Å². The third kappa shape index (κ3) is 3.76. The molecule has 0 spiro atoms. The number of nitrogens with zero attached hydrogens (tertiary/aromatic N) is 2. The minimum Gasteiger partial charge on any atom is -0.465 e. The Morgan fingerprint density at radius 1 is 1.44 bits per heavy atom. The fraction of sp³-hybridized carbons (Fsp3) is 0.188. The maximum atomic E-state index is 11.7. The third-order valence-corrected chi connectivity index (χ3v) is 5.49. The number of nitrogens with one attached hydrogen (secondary N) is 2. The number of fused-ring (bicyclic) bond motifs is 1. The van der Waals surface area contributed by atoms with Gasteiger partial charge in [-0.2, -0.15) is 5.10 Å². The van der Waals surface area contributed by atoms with Crippen molar-refractivity contribution in [2.24, 2.45) is 7.05 Å². The smallest absolute Gasteiger partial charge is 0.349 e. The Morgan fingerprint density at radius 3 is 2.92 bits per heavy atom. The maximum absolute atomic E-state index is 11.7. The molecule has 130 valence electrons. The van der Waals surface area contributed by atoms with Crippen LogP contribution >= 0.6 is 35.2 Å². The van der Waals surface area contributed by atoms with Gasteiger partial charge in [-0.1, -0.05) is 11.6 Å². The van der Waals surface area contributed by atoms with Crippen molar-refractivity contribution in [2.45, 2.75) is 6.54 Å². The average molecular weight is 395 g/mol. The average Bonchev–Trinajstić information content (AvgIpc) is 3.15. The first-order valence-corrected chi connectivity index (χ1v) is 8.92. The molecule has 2 heterocycles. The Balaban J connectivity index is 1.72. The molecule has 0 bridgehead atoms. The lowest BCUT2D eigenvalue weighted by Crippen LogP contribution is -2.28. The van der Waals surface area contributed by atoms with Crippen LogP contribution in [0, 0.1) is 0 Å². The molecule has 1 aromatic carbocycles. The van der Waals surface area contributed by atoms with Crippen LogP contribution in [0.4, 0.5) is 5.69 Å². The lowest BCUT2D eigenvalue weighted by Gasteiger charge is -2.10. The fourth-order valence-corrected chi connectivity index (χ4v) is 3.94. The van der Waals surface area contributed by atoms with E-state index in [-0.39, 0.29) is 0 Å². The Kier molecular flexibility index (Phi) is 5.22. The molecule has 0 fully saturated rings. The minimum absolute atomic E-state index is 0.397. The Morgan fingerprint density at radius 2 is 2.24 bits per heavy atom. The molecule has 9 heteroatoms. The third-order valence-electron chi connectivity index (χ3n) is 3.61. The first kappa shape index (κ1) is 17.7. The van der Waals surface area contributed by atoms with Gasteiger partial charge in [-0.3, -0.25) is 4.68 Å². The van der Waals surface area contributed by atoms with E-state index in [1.807, 2.05) is 31.3 Å². The molecule has 0 saturated heterocycles. The number of rotatable bonds is 4. The Labute approximate surface area is 158 Å². The van der Waals surface area contributed by atoms with Crippen molar-refractivity contribution in [3.63, 3.8) is 0 Å². The molecule has 3 aromatic rings. The molecule has 0 aliphatic rings. The topological polar surface area (TPSA) is 68.2 Å². The van der Waals surface area contributed by atoms with Gasteiger partial charge in [0.15, 0.2) is 5.11 Å². The second-order valence-electron chi connectivity index (χ2n) is 5.20. The van der Waals surface area contributed by atoms with Crippen molar-refractivity contribution in [1.82, 2.24) is 15.1 Å². The summed E-state index contributed by atoms with van der Waals surface area (Å²) < 4.78 is 7.41. The van der Waals surface area contributed by atoms with Crippen molar-refractivity contribution in [3.05, 3.63) is 46.1 Å². The molecular formula is C16H15ClN4O2S2. The summed E-state index contributed by atoms with van der Waals surface area (Å²) >= 11 is 12.9. The first-order valence-electron chi connectivity index (χ1n) is 7.31. The predicted octanol–water partition coefficient (Wildman–Crippen LogP) is 3.56. The SMILES string of the molecule is COC(=O)c1sc2cc(NC(=S)NCc3ccnn3C)ccc2c1Cl. The highest BCUT2D eigenvalue weighted by Gasteiger charge is 2.17. The summed E-state index contributed by atoms with van der Waals surface area (Å²) in [6, 6.07) is 7.53. The number of thiophene rings is 1. The number of hydrogen-bond donors (Lipinski definition) is 2. The van der Waals surface area contributed by atoms with Gasteiger partial charge in [0.2, 0.25) is 0 Å². The van der Waals surface area contributed by atoms with Gasteiger partial charge < -0.3 is 15.4 Å². The van der Waals surface area contributed by atoms with Gasteiger partial charge in [-0.25, -0.2) is 4.79 Å². The number of carbonyl (C=O) groups is 1. The van der Waals surface area contributed by atoms with Crippen LogP contribution in [0.3, 0.4) is 0 Å². The number of halogens is 1. The molecule has 6 nitrogen and oxygen atoms in total. The minimum atomic E-state index is -0.436. The molecular weight excluding hydrogens is 380 g/mol. The van der Waals surface area contributed by atoms with Crippen LogP contribution in [0.25, 0.3) is 10.1 Å². The standard InChI is InChI=1S/C16H15ClN4O2S2/c1-21-10(5-6-19-21)8-18-16(24)20-9-3-4-11-12(7-9)25-14(13(11)17)15(22)23-2/h3-7H,8H2,1-2H3,(H2,18,20,24). The van der Waals surface area contributed by atoms with Gasteiger partial charge >= 0.3 is 5.97 Å². The van der Waals surface area contributed by atoms with E-state index in [1.165, 1.54) is 18.4 Å². The summed E-state index contributed by atoms with van der Waals surface area (Å²) in [6.07, 6.45) is 1.74. The second kappa shape index (κ2) is 7.38. The number of aromatic nitrogens is 2. The highest BCUT2D eigenvalue weighted by Crippen LogP contribution is 2.37. The molecule has 0 saturated carbocycles. The van der Waals surface area contributed by atoms with E-state index in [0.29, 0.717) is 21.6 Å². The summed E-state index contributed by atoms with van der Waals surface area (Å²) in [7, 11) is 3.21. The number of anilines is 1. The maximum Gasteiger partial charge on any atom is 0.349 e. The highest BCUT2D eigenvalue weighted by molar-refractivity contribution is 7.80. The number of benzene rings is 1. The van der Waals surface area contributed by atoms with E-state index in [1.54, 1.807) is 10.9 Å². The summed E-state index contributed by atoms with van der Waals surface area (Å²) in [4.78, 5) is 12.1. The van der Waals surface area contributed by atoms with Gasteiger partial charge in [0.25, 0.3) is 0 Å². The van der Waals surface area contributed by atoms with Gasteiger partial charge in [0, 0.05) is 29.0 Å². The predicted molar refractivity (Wildman–Crippen MR) is 104 cm³/mol. The van der Waals surface area contributed by atoms with Gasteiger partial charge in [-0.05, 0) is 36.5 Å². The van der Waals surface area contributed by atoms with Crippen LogP contribution in [-0.4, -0.2) is 28.0 Å². The first-order chi connectivity index (χ1) is 12.0. The zero-order chi connectivity index (χ0) is 18.0. The lowest BCUT2D eigenvalue weighted by molar-refractivity contribution is 0.0606. The molecule has 2 aromatic heterocycles. The normalized spacial score (nSPS) is 10.7. The van der Waals surface area contributed by atoms with Crippen LogP contribution < -0.4 is 10.6 Å². The number of hydrogen-bond acceptors (Lipinski definition) is 5. The monoisotopic (exact) mass is 394 g/mol. The molecule has 0 atom stereocenters. The zero-order valence-electron chi connectivity index (χ0n) is 13.5. The lowest BCUT2D eigenvalue weighted by atomic mass is 10.2. The number of esters is 1. The Hall–Kier alpha value is -2.16. The second-order valence-corrected chi connectivity index (χ2v) is 7.04. The van der Waals surface area contributed by atoms with E-state index in [9.17, 15) is 4.79 Å². The molecule has 0 unspecified atom stereocenters. The van der Waals surface area contributed by atoms with Crippen LogP contribution in [0.1, 0.15) is 15.4 Å². The number of carbonyl (C=O) groups excluding carboxylic acids is 1.